The molecular formula is C28H39F5OS. The number of alkyl halides is 5. The van der Waals surface area contributed by atoms with Crippen LogP contribution >= 0.6 is 11.8 Å². The van der Waals surface area contributed by atoms with Crippen LogP contribution in [0.1, 0.15) is 89.2 Å². The summed E-state index contributed by atoms with van der Waals surface area (Å²) in [6.45, 7) is 6.44. The van der Waals surface area contributed by atoms with Crippen LogP contribution in [0.25, 0.3) is 0 Å². The van der Waals surface area contributed by atoms with E-state index >= 15 is 0 Å². The standard InChI is InChI=1S/C28H39F5OS/c1-25(2,35-16-6-13-27(29,30)28(31,32)33)14-11-19-17-18-7-4-5-8-20(18)21-12-15-26(3)22(24(19)21)9-10-23(26)34/h4-5,7-8,19,21-24,34H,6,9-17H2,1-3H3. The van der Waals surface area contributed by atoms with Gasteiger partial charge in [-0.1, -0.05) is 45.0 Å². The third-order valence-electron chi connectivity index (χ3n) is 9.42. The number of rotatable bonds is 8. The van der Waals surface area contributed by atoms with E-state index in [0.29, 0.717) is 29.4 Å². The lowest BCUT2D eigenvalue weighted by Crippen LogP contribution is -2.47. The van der Waals surface area contributed by atoms with Crippen LogP contribution < -0.4 is 0 Å². The Kier molecular flexibility index (Phi) is 7.63. The van der Waals surface area contributed by atoms with Crippen molar-refractivity contribution in [3.05, 3.63) is 35.4 Å². The molecule has 7 heteroatoms. The summed E-state index contributed by atoms with van der Waals surface area (Å²) in [5, 5.41) is 10.8. The molecule has 6 atom stereocenters. The van der Waals surface area contributed by atoms with Crippen LogP contribution in [0.5, 0.6) is 0 Å². The van der Waals surface area contributed by atoms with E-state index in [2.05, 4.69) is 45.0 Å². The number of benzene rings is 1. The molecule has 0 heterocycles. The van der Waals surface area contributed by atoms with Crippen LogP contribution in [0.3, 0.4) is 0 Å². The highest BCUT2D eigenvalue weighted by atomic mass is 32.2. The molecule has 0 aliphatic heterocycles. The molecule has 0 amide bonds. The van der Waals surface area contributed by atoms with E-state index in [0.717, 1.165) is 44.9 Å². The number of thioether (sulfide) groups is 1. The van der Waals surface area contributed by atoms with Crippen LogP contribution in [0.4, 0.5) is 22.0 Å². The summed E-state index contributed by atoms with van der Waals surface area (Å²) in [5.41, 5.74) is 2.90. The molecule has 0 spiro atoms. The van der Waals surface area contributed by atoms with Crippen LogP contribution in [-0.4, -0.2) is 33.8 Å². The van der Waals surface area contributed by atoms with Gasteiger partial charge in [0.25, 0.3) is 0 Å². The van der Waals surface area contributed by atoms with Gasteiger partial charge in [0.05, 0.1) is 6.10 Å². The molecule has 0 bridgehead atoms. The molecule has 4 rings (SSSR count). The highest BCUT2D eigenvalue weighted by Crippen LogP contribution is 2.62. The average molecular weight is 519 g/mol. The van der Waals surface area contributed by atoms with Crippen LogP contribution in [-0.2, 0) is 6.42 Å². The molecule has 3 aliphatic rings. The molecule has 1 aromatic carbocycles. The summed E-state index contributed by atoms with van der Waals surface area (Å²) in [6, 6.07) is 8.78. The smallest absolute Gasteiger partial charge is 0.393 e. The Hall–Kier alpha value is -0.820. The van der Waals surface area contributed by atoms with E-state index < -0.39 is 18.5 Å². The molecule has 1 N–H and O–H groups in total. The zero-order valence-corrected chi connectivity index (χ0v) is 21.8. The van der Waals surface area contributed by atoms with E-state index in [1.54, 1.807) is 0 Å². The number of halogens is 5. The minimum Gasteiger partial charge on any atom is -0.393 e. The minimum absolute atomic E-state index is 0.0142. The lowest BCUT2D eigenvalue weighted by molar-refractivity contribution is -0.284. The second-order valence-electron chi connectivity index (χ2n) is 12.0. The van der Waals surface area contributed by atoms with Gasteiger partial charge in [-0.3, -0.25) is 0 Å². The van der Waals surface area contributed by atoms with E-state index in [1.165, 1.54) is 22.9 Å². The van der Waals surface area contributed by atoms with Crippen molar-refractivity contribution in [3.63, 3.8) is 0 Å². The van der Waals surface area contributed by atoms with E-state index in [1.807, 2.05) is 0 Å². The summed E-state index contributed by atoms with van der Waals surface area (Å²) >= 11 is 1.51. The Morgan fingerprint density at radius 3 is 2.46 bits per heavy atom. The van der Waals surface area contributed by atoms with Crippen LogP contribution in [0, 0.1) is 23.2 Å². The zero-order chi connectivity index (χ0) is 25.6. The van der Waals surface area contributed by atoms with Crippen molar-refractivity contribution in [2.75, 3.05) is 5.75 Å². The number of fused-ring (bicyclic) bond motifs is 5. The fourth-order valence-corrected chi connectivity index (χ4v) is 8.48. The molecule has 1 nitrogen and oxygen atoms in total. The molecular weight excluding hydrogens is 479 g/mol. The van der Waals surface area contributed by atoms with Gasteiger partial charge in [0, 0.05) is 11.2 Å². The van der Waals surface area contributed by atoms with Crippen molar-refractivity contribution in [2.45, 2.75) is 107 Å². The average Bonchev–Trinajstić information content (AvgIpc) is 3.09. The van der Waals surface area contributed by atoms with Crippen molar-refractivity contribution in [1.29, 1.82) is 0 Å². The predicted molar refractivity (Wildman–Crippen MR) is 132 cm³/mol. The normalized spacial score (nSPS) is 33.2. The third kappa shape index (κ3) is 5.42. The molecule has 6 unspecified atom stereocenters. The Morgan fingerprint density at radius 2 is 1.74 bits per heavy atom. The van der Waals surface area contributed by atoms with Gasteiger partial charge in [-0.2, -0.15) is 33.7 Å². The largest absolute Gasteiger partial charge is 0.453 e. The van der Waals surface area contributed by atoms with Crippen molar-refractivity contribution >= 4 is 11.8 Å². The van der Waals surface area contributed by atoms with Crippen molar-refractivity contribution < 1.29 is 27.1 Å². The van der Waals surface area contributed by atoms with E-state index in [9.17, 15) is 27.1 Å². The summed E-state index contributed by atoms with van der Waals surface area (Å²) in [5.74, 6) is -2.25. The molecule has 0 aromatic heterocycles. The maximum absolute atomic E-state index is 13.2. The fourth-order valence-electron chi connectivity index (χ4n) is 7.37. The molecule has 3 aliphatic carbocycles. The zero-order valence-electron chi connectivity index (χ0n) is 21.0. The van der Waals surface area contributed by atoms with Gasteiger partial charge in [-0.15, -0.1) is 0 Å². The van der Waals surface area contributed by atoms with Gasteiger partial charge in [0.2, 0.25) is 0 Å². The van der Waals surface area contributed by atoms with Gasteiger partial charge < -0.3 is 5.11 Å². The van der Waals surface area contributed by atoms with Crippen molar-refractivity contribution in [2.24, 2.45) is 23.2 Å². The maximum atomic E-state index is 13.2. The molecule has 2 saturated carbocycles. The van der Waals surface area contributed by atoms with E-state index in [4.69, 9.17) is 0 Å². The molecule has 1 aromatic rings. The number of aliphatic hydroxyl groups excluding tert-OH is 1. The third-order valence-corrected chi connectivity index (χ3v) is 10.9. The van der Waals surface area contributed by atoms with Crippen LogP contribution in [0.15, 0.2) is 24.3 Å². The lowest BCUT2D eigenvalue weighted by Gasteiger charge is -2.53. The molecule has 198 valence electrons. The highest BCUT2D eigenvalue weighted by Gasteiger charge is 2.57. The second kappa shape index (κ2) is 9.81. The first-order valence-corrected chi connectivity index (χ1v) is 14.1. The number of aliphatic hydroxyl groups is 1. The van der Waals surface area contributed by atoms with Gasteiger partial charge in [0.1, 0.15) is 0 Å². The van der Waals surface area contributed by atoms with Crippen LogP contribution in [0.2, 0.25) is 0 Å². The Bertz CT molecular complexity index is 884. The Labute approximate surface area is 210 Å². The SMILES string of the molecule is CC(C)(CCC1Cc2ccccc2C2CCC3(C)C(O)CCC3C12)SCCCC(F)(F)C(F)(F)F. The number of hydrogen-bond acceptors (Lipinski definition) is 2. The van der Waals surface area contributed by atoms with E-state index in [-0.39, 0.29) is 22.7 Å². The first-order valence-electron chi connectivity index (χ1n) is 13.1. The summed E-state index contributed by atoms with van der Waals surface area (Å²) in [6.07, 6.45) is 0.0535. The van der Waals surface area contributed by atoms with Gasteiger partial charge in [-0.25, -0.2) is 0 Å². The highest BCUT2D eigenvalue weighted by molar-refractivity contribution is 8.00. The predicted octanol–water partition coefficient (Wildman–Crippen LogP) is 8.40. The van der Waals surface area contributed by atoms with Crippen molar-refractivity contribution in [1.82, 2.24) is 0 Å². The Balaban J connectivity index is 1.41. The number of hydrogen-bond donors (Lipinski definition) is 1. The lowest BCUT2D eigenvalue weighted by atomic mass is 9.52. The summed E-state index contributed by atoms with van der Waals surface area (Å²) in [7, 11) is 0. The van der Waals surface area contributed by atoms with Gasteiger partial charge in [0.15, 0.2) is 0 Å². The first kappa shape index (κ1) is 27.2. The monoisotopic (exact) mass is 518 g/mol. The fraction of sp³-hybridized carbons (Fsp3) is 0.786. The summed E-state index contributed by atoms with van der Waals surface area (Å²) < 4.78 is 63.6. The molecule has 0 radical (unpaired) electrons. The van der Waals surface area contributed by atoms with Crippen molar-refractivity contribution in [3.8, 4) is 0 Å². The minimum atomic E-state index is -5.47. The topological polar surface area (TPSA) is 20.2 Å². The Morgan fingerprint density at radius 1 is 1.03 bits per heavy atom. The van der Waals surface area contributed by atoms with Gasteiger partial charge >= 0.3 is 12.1 Å². The molecule has 2 fully saturated rings. The maximum Gasteiger partial charge on any atom is 0.453 e. The quantitative estimate of drug-likeness (QED) is 0.275. The second-order valence-corrected chi connectivity index (χ2v) is 13.8. The molecule has 35 heavy (non-hydrogen) atoms. The summed E-state index contributed by atoms with van der Waals surface area (Å²) in [4.78, 5) is 0. The first-order chi connectivity index (χ1) is 16.3. The van der Waals surface area contributed by atoms with Gasteiger partial charge in [-0.05, 0) is 97.3 Å². The molecule has 0 saturated heterocycles.